The van der Waals surface area contributed by atoms with Gasteiger partial charge in [0, 0.05) is 23.3 Å². The van der Waals surface area contributed by atoms with Crippen molar-refractivity contribution in [3.8, 4) is 0 Å². The van der Waals surface area contributed by atoms with Gasteiger partial charge in [0.05, 0.1) is 6.33 Å². The molecule has 0 amide bonds. The summed E-state index contributed by atoms with van der Waals surface area (Å²) in [5.41, 5.74) is 0.989. The largest absolute Gasteiger partial charge is 0.459 e. The monoisotopic (exact) mass is 335 g/mol. The Morgan fingerprint density at radius 1 is 1.35 bits per heavy atom. The minimum absolute atomic E-state index is 0.0328. The minimum atomic E-state index is -3.76. The van der Waals surface area contributed by atoms with Crippen LogP contribution in [0, 0.1) is 0 Å². The fourth-order valence-electron chi connectivity index (χ4n) is 2.19. The molecule has 0 aliphatic heterocycles. The lowest BCUT2D eigenvalue weighted by atomic mass is 10.2. The Balaban J connectivity index is 1.89. The van der Waals surface area contributed by atoms with E-state index < -0.39 is 10.0 Å². The highest BCUT2D eigenvalue weighted by atomic mass is 32.2. The molecule has 0 saturated carbocycles. The predicted octanol–water partition coefficient (Wildman–Crippen LogP) is 2.50. The number of nitrogens with one attached hydrogen (secondary N) is 1. The summed E-state index contributed by atoms with van der Waals surface area (Å²) >= 11 is 0. The van der Waals surface area contributed by atoms with Gasteiger partial charge in [0.15, 0.2) is 5.03 Å². The first-order valence-electron chi connectivity index (χ1n) is 7.08. The van der Waals surface area contributed by atoms with Crippen LogP contribution in [0.4, 0.5) is 5.69 Å². The molecule has 122 valence electrons. The van der Waals surface area contributed by atoms with Gasteiger partial charge in [0.2, 0.25) is 0 Å². The highest BCUT2D eigenvalue weighted by Gasteiger charge is 2.18. The second kappa shape index (κ2) is 5.71. The number of fused-ring (bicyclic) bond motifs is 1. The minimum Gasteiger partial charge on any atom is -0.459 e. The van der Waals surface area contributed by atoms with Crippen molar-refractivity contribution in [3.05, 3.63) is 42.5 Å². The molecule has 0 aliphatic rings. The molecule has 0 saturated heterocycles. The number of nitrogens with zero attached hydrogens (tertiary/aromatic N) is 2. The number of furan rings is 1. The number of aliphatic hydroxyl groups excluding tert-OH is 1. The first-order chi connectivity index (χ1) is 10.9. The van der Waals surface area contributed by atoms with E-state index in [1.54, 1.807) is 28.8 Å². The van der Waals surface area contributed by atoms with Crippen molar-refractivity contribution in [1.29, 1.82) is 0 Å². The van der Waals surface area contributed by atoms with Crippen LogP contribution in [-0.4, -0.2) is 23.1 Å². The molecular weight excluding hydrogens is 318 g/mol. The first kappa shape index (κ1) is 15.6. The second-order valence-corrected chi connectivity index (χ2v) is 7.11. The molecule has 0 bridgehead atoms. The lowest BCUT2D eigenvalue weighted by molar-refractivity contribution is 0.251. The highest BCUT2D eigenvalue weighted by Crippen LogP contribution is 2.24. The maximum absolute atomic E-state index is 12.4. The van der Waals surface area contributed by atoms with E-state index in [0.29, 0.717) is 22.4 Å². The molecule has 2 heterocycles. The molecule has 8 heteroatoms. The van der Waals surface area contributed by atoms with Crippen molar-refractivity contribution >= 4 is 26.7 Å². The van der Waals surface area contributed by atoms with Gasteiger partial charge in [-0.3, -0.25) is 4.72 Å². The Morgan fingerprint density at radius 2 is 2.13 bits per heavy atom. The van der Waals surface area contributed by atoms with Gasteiger partial charge in [-0.1, -0.05) is 0 Å². The van der Waals surface area contributed by atoms with Crippen molar-refractivity contribution in [1.82, 2.24) is 9.55 Å². The Bertz CT molecular complexity index is 941. The molecule has 0 unspecified atom stereocenters. The van der Waals surface area contributed by atoms with E-state index in [2.05, 4.69) is 9.71 Å². The van der Waals surface area contributed by atoms with Gasteiger partial charge >= 0.3 is 0 Å². The van der Waals surface area contributed by atoms with Crippen molar-refractivity contribution in [2.75, 3.05) is 4.72 Å². The summed E-state index contributed by atoms with van der Waals surface area (Å²) in [6, 6.07) is 6.70. The smallest absolute Gasteiger partial charge is 0.280 e. The number of rotatable bonds is 5. The van der Waals surface area contributed by atoms with Crippen LogP contribution >= 0.6 is 0 Å². The molecule has 0 aliphatic carbocycles. The van der Waals surface area contributed by atoms with E-state index >= 15 is 0 Å². The Hall–Kier alpha value is -2.32. The summed E-state index contributed by atoms with van der Waals surface area (Å²) in [5, 5.41) is 9.75. The fourth-order valence-corrected chi connectivity index (χ4v) is 3.17. The van der Waals surface area contributed by atoms with Gasteiger partial charge in [0.1, 0.15) is 18.0 Å². The average molecular weight is 335 g/mol. The van der Waals surface area contributed by atoms with Crippen molar-refractivity contribution in [2.24, 2.45) is 0 Å². The molecule has 3 rings (SSSR count). The van der Waals surface area contributed by atoms with E-state index in [1.165, 1.54) is 12.5 Å². The Morgan fingerprint density at radius 3 is 2.78 bits per heavy atom. The molecule has 2 N–H and O–H groups in total. The van der Waals surface area contributed by atoms with Crippen LogP contribution in [0.1, 0.15) is 25.6 Å². The second-order valence-electron chi connectivity index (χ2n) is 5.48. The topological polar surface area (TPSA) is 97.4 Å². The molecule has 1 aromatic carbocycles. The Labute approximate surface area is 133 Å². The number of benzene rings is 1. The van der Waals surface area contributed by atoms with Crippen LogP contribution < -0.4 is 4.72 Å². The van der Waals surface area contributed by atoms with Crippen LogP contribution in [-0.2, 0) is 16.6 Å². The zero-order chi connectivity index (χ0) is 16.6. The summed E-state index contributed by atoms with van der Waals surface area (Å²) in [5.74, 6) is 0.427. The zero-order valence-corrected chi connectivity index (χ0v) is 13.5. The van der Waals surface area contributed by atoms with Crippen LogP contribution in [0.5, 0.6) is 0 Å². The van der Waals surface area contributed by atoms with Gasteiger partial charge in [-0.25, -0.2) is 4.98 Å². The quantitative estimate of drug-likeness (QED) is 0.746. The SMILES string of the molecule is CC(C)n1cnc(S(=O)(=O)Nc2ccc3oc(CO)cc3c2)c1. The molecule has 23 heavy (non-hydrogen) atoms. The molecule has 0 radical (unpaired) electrons. The molecular formula is C15H17N3O4S. The number of imidazole rings is 1. The first-order valence-corrected chi connectivity index (χ1v) is 8.57. The predicted molar refractivity (Wildman–Crippen MR) is 85.6 cm³/mol. The summed E-state index contributed by atoms with van der Waals surface area (Å²) in [4.78, 5) is 3.95. The van der Waals surface area contributed by atoms with E-state index in [1.807, 2.05) is 13.8 Å². The van der Waals surface area contributed by atoms with E-state index in [0.717, 1.165) is 0 Å². The van der Waals surface area contributed by atoms with Crippen molar-refractivity contribution < 1.29 is 17.9 Å². The van der Waals surface area contributed by atoms with Gasteiger partial charge in [-0.05, 0) is 38.1 Å². The third kappa shape index (κ3) is 3.08. The zero-order valence-electron chi connectivity index (χ0n) is 12.7. The van der Waals surface area contributed by atoms with Gasteiger partial charge in [-0.2, -0.15) is 8.42 Å². The third-order valence-corrected chi connectivity index (χ3v) is 4.69. The maximum Gasteiger partial charge on any atom is 0.280 e. The number of sulfonamides is 1. The van der Waals surface area contributed by atoms with Gasteiger partial charge in [-0.15, -0.1) is 0 Å². The third-order valence-electron chi connectivity index (χ3n) is 3.42. The molecule has 0 spiro atoms. The molecule has 3 aromatic rings. The number of aromatic nitrogens is 2. The van der Waals surface area contributed by atoms with Crippen molar-refractivity contribution in [2.45, 2.75) is 31.5 Å². The van der Waals surface area contributed by atoms with Crippen LogP contribution in [0.15, 0.2) is 46.2 Å². The molecule has 7 nitrogen and oxygen atoms in total. The summed E-state index contributed by atoms with van der Waals surface area (Å²) < 4.78 is 34.4. The number of hydrogen-bond acceptors (Lipinski definition) is 5. The standard InChI is InChI=1S/C15H17N3O4S/c1-10(2)18-7-15(16-9-18)23(20,21)17-12-3-4-14-11(5-12)6-13(8-19)22-14/h3-7,9-10,17,19H,8H2,1-2H3. The number of anilines is 1. The highest BCUT2D eigenvalue weighted by molar-refractivity contribution is 7.92. The summed E-state index contributed by atoms with van der Waals surface area (Å²) in [7, 11) is -3.76. The lowest BCUT2D eigenvalue weighted by Crippen LogP contribution is -2.13. The fraction of sp³-hybridized carbons (Fsp3) is 0.267. The van der Waals surface area contributed by atoms with Crippen LogP contribution in [0.2, 0.25) is 0 Å². The molecule has 0 fully saturated rings. The summed E-state index contributed by atoms with van der Waals surface area (Å²) in [6.45, 7) is 3.68. The normalized spacial score (nSPS) is 12.2. The van der Waals surface area contributed by atoms with E-state index in [-0.39, 0.29) is 17.7 Å². The van der Waals surface area contributed by atoms with Crippen LogP contribution in [0.25, 0.3) is 11.0 Å². The van der Waals surface area contributed by atoms with E-state index in [4.69, 9.17) is 9.52 Å². The molecule has 0 atom stereocenters. The van der Waals surface area contributed by atoms with Gasteiger partial charge < -0.3 is 14.1 Å². The number of hydrogen-bond donors (Lipinski definition) is 2. The van der Waals surface area contributed by atoms with Crippen molar-refractivity contribution in [3.63, 3.8) is 0 Å². The average Bonchev–Trinajstić information content (AvgIpc) is 3.13. The lowest BCUT2D eigenvalue weighted by Gasteiger charge is -2.06. The maximum atomic E-state index is 12.4. The summed E-state index contributed by atoms with van der Waals surface area (Å²) in [6.07, 6.45) is 2.99. The number of aliphatic hydroxyl groups is 1. The Kier molecular flexibility index (Phi) is 3.87. The van der Waals surface area contributed by atoms with E-state index in [9.17, 15) is 8.42 Å². The van der Waals surface area contributed by atoms with Crippen LogP contribution in [0.3, 0.4) is 0 Å². The van der Waals surface area contributed by atoms with Gasteiger partial charge in [0.25, 0.3) is 10.0 Å². The molecule has 2 aromatic heterocycles.